The molecule has 7 nitrogen and oxygen atoms in total. The number of carboxylic acid groups (broad SMARTS) is 1. The Kier molecular flexibility index (Phi) is 11.3. The number of aliphatic carboxylic acids is 1. The van der Waals surface area contributed by atoms with Crippen molar-refractivity contribution in [2.45, 2.75) is 37.5 Å². The zero-order chi connectivity index (χ0) is 13.3. The van der Waals surface area contributed by atoms with Gasteiger partial charge in [0, 0.05) is 0 Å². The number of rotatable bonds is 10. The average molecular weight is 280 g/mol. The molecule has 1 atom stereocenters. The summed E-state index contributed by atoms with van der Waals surface area (Å²) in [7, 11) is -0.627. The van der Waals surface area contributed by atoms with Gasteiger partial charge in [-0.15, -0.1) is 12.4 Å². The van der Waals surface area contributed by atoms with E-state index in [1.54, 1.807) is 0 Å². The second-order valence-corrected chi connectivity index (χ2v) is 3.93. The fraction of sp³-hybridized carbons (Fsp3) is 0.875. The maximum absolute atomic E-state index is 11.0. The van der Waals surface area contributed by atoms with Crippen molar-refractivity contribution in [3.63, 3.8) is 0 Å². The Morgan fingerprint density at radius 1 is 1.39 bits per heavy atom. The third-order valence-corrected chi connectivity index (χ3v) is 2.51. The van der Waals surface area contributed by atoms with Crippen molar-refractivity contribution in [3.8, 4) is 0 Å². The van der Waals surface area contributed by atoms with Crippen LogP contribution >= 0.6 is 12.4 Å². The average Bonchev–Trinajstić information content (AvgIpc) is 2.24. The molecule has 0 radical (unpaired) electrons. The normalized spacial score (nSPS) is 12.8. The number of carboxylic acids is 1. The molecule has 1 unspecified atom stereocenters. The first-order chi connectivity index (χ1) is 7.92. The van der Waals surface area contributed by atoms with Crippen LogP contribution in [-0.2, 0) is 9.45 Å². The molecule has 0 fully saturated rings. The van der Waals surface area contributed by atoms with Gasteiger partial charge in [0.05, 0.1) is 0 Å². The van der Waals surface area contributed by atoms with Gasteiger partial charge < -0.3 is 0 Å². The molecule has 104 valence electrons. The summed E-state index contributed by atoms with van der Waals surface area (Å²) >= 11 is 0. The summed E-state index contributed by atoms with van der Waals surface area (Å²) < 4.78 is 4.64. The van der Waals surface area contributed by atoms with Crippen molar-refractivity contribution in [1.82, 2.24) is 0 Å². The van der Waals surface area contributed by atoms with Crippen molar-refractivity contribution in [1.29, 1.82) is 5.31 Å². The van der Waals surface area contributed by atoms with Gasteiger partial charge in [-0.25, -0.2) is 0 Å². The van der Waals surface area contributed by atoms with E-state index >= 15 is 0 Å². The number of carbonyl (C=O) groups is 1. The predicted octanol–water partition coefficient (Wildman–Crippen LogP) is -0.378. The molecular formula is C8H19B2ClN2O5. The summed E-state index contributed by atoms with van der Waals surface area (Å²) in [6, 6.07) is 0. The second-order valence-electron chi connectivity index (χ2n) is 3.93. The Bertz CT molecular complexity index is 260. The van der Waals surface area contributed by atoms with Gasteiger partial charge in [-0.3, -0.25) is 0 Å². The van der Waals surface area contributed by atoms with E-state index in [9.17, 15) is 4.79 Å². The molecule has 0 spiro atoms. The fourth-order valence-corrected chi connectivity index (χ4v) is 1.41. The van der Waals surface area contributed by atoms with E-state index in [2.05, 4.69) is 4.65 Å². The Labute approximate surface area is 113 Å². The first-order valence-corrected chi connectivity index (χ1v) is 5.41. The summed E-state index contributed by atoms with van der Waals surface area (Å²) in [5.74, 6) is -1.12. The van der Waals surface area contributed by atoms with Crippen molar-refractivity contribution in [2.24, 2.45) is 5.73 Å². The third kappa shape index (κ3) is 8.46. The molecule has 0 rings (SSSR count). The van der Waals surface area contributed by atoms with Gasteiger partial charge in [0.25, 0.3) is 0 Å². The van der Waals surface area contributed by atoms with Crippen LogP contribution in [0.4, 0.5) is 0 Å². The van der Waals surface area contributed by atoms with Crippen LogP contribution in [-0.4, -0.2) is 47.7 Å². The molecule has 0 aliphatic carbocycles. The van der Waals surface area contributed by atoms with E-state index < -0.39 is 18.6 Å². The van der Waals surface area contributed by atoms with Crippen molar-refractivity contribution in [3.05, 3.63) is 0 Å². The van der Waals surface area contributed by atoms with Crippen LogP contribution in [0.15, 0.2) is 0 Å². The summed E-state index contributed by atoms with van der Waals surface area (Å²) in [5.41, 5.74) is 4.33. The number of hydrogen-bond acceptors (Lipinski definition) is 6. The number of nitrogens with one attached hydrogen (secondary N) is 1. The van der Waals surface area contributed by atoms with Crippen molar-refractivity contribution in [2.75, 3.05) is 6.61 Å². The molecule has 0 saturated heterocycles. The Hall–Kier alpha value is -0.630. The van der Waals surface area contributed by atoms with Gasteiger partial charge in [0.15, 0.2) is 0 Å². The summed E-state index contributed by atoms with van der Waals surface area (Å²) in [5, 5.41) is 32.9. The van der Waals surface area contributed by atoms with Gasteiger partial charge >= 0.3 is 100 Å². The molecule has 6 N–H and O–H groups in total. The fourth-order valence-electron chi connectivity index (χ4n) is 1.41. The quantitative estimate of drug-likeness (QED) is 0.273. The third-order valence-electron chi connectivity index (χ3n) is 2.51. The summed E-state index contributed by atoms with van der Waals surface area (Å²) in [4.78, 5) is 11.0. The van der Waals surface area contributed by atoms with Crippen LogP contribution in [0.25, 0.3) is 0 Å². The van der Waals surface area contributed by atoms with E-state index in [4.69, 9.17) is 26.2 Å². The monoisotopic (exact) mass is 280 g/mol. The molecule has 0 heterocycles. The minimum absolute atomic E-state index is 0. The van der Waals surface area contributed by atoms with Gasteiger partial charge in [0.1, 0.15) is 0 Å². The molecule has 0 amide bonds. The van der Waals surface area contributed by atoms with E-state index in [1.807, 2.05) is 0 Å². The molecule has 0 aliphatic rings. The van der Waals surface area contributed by atoms with Crippen molar-refractivity contribution >= 4 is 32.8 Å². The Morgan fingerprint density at radius 3 is 2.44 bits per heavy atom. The molecule has 18 heavy (non-hydrogen) atoms. The molecular weight excluding hydrogens is 261 g/mol. The van der Waals surface area contributed by atoms with E-state index in [0.29, 0.717) is 12.8 Å². The zero-order valence-electron chi connectivity index (χ0n) is 10.0. The zero-order valence-corrected chi connectivity index (χ0v) is 10.9. The van der Waals surface area contributed by atoms with Gasteiger partial charge in [-0.05, 0) is 0 Å². The molecule has 0 aromatic heterocycles. The number of hydrogen-bond donors (Lipinski definition) is 5. The summed E-state index contributed by atoms with van der Waals surface area (Å²) in [6.07, 6.45) is 1.53. The van der Waals surface area contributed by atoms with Crippen LogP contribution in [0.5, 0.6) is 0 Å². The number of nitrogens with two attached hydrogens (primary N) is 1. The van der Waals surface area contributed by atoms with E-state index in [1.165, 1.54) is 0 Å². The summed E-state index contributed by atoms with van der Waals surface area (Å²) in [6.45, 7) is 0.0783. The molecule has 0 aromatic carbocycles. The first-order valence-electron chi connectivity index (χ1n) is 5.41. The van der Waals surface area contributed by atoms with Crippen LogP contribution in [0, 0.1) is 5.31 Å². The molecule has 10 heteroatoms. The van der Waals surface area contributed by atoms with Gasteiger partial charge in [-0.1, -0.05) is 0 Å². The molecule has 0 aliphatic heterocycles. The second kappa shape index (κ2) is 10.3. The number of halogens is 1. The molecule has 0 saturated carbocycles. The first kappa shape index (κ1) is 19.7. The molecule has 0 aromatic rings. The van der Waals surface area contributed by atoms with Crippen LogP contribution in [0.3, 0.4) is 0 Å². The Morgan fingerprint density at radius 2 is 2.00 bits per heavy atom. The minimum atomic E-state index is -1.39. The van der Waals surface area contributed by atoms with Gasteiger partial charge in [0.2, 0.25) is 0 Å². The predicted molar refractivity (Wildman–Crippen MR) is 69.7 cm³/mol. The van der Waals surface area contributed by atoms with Crippen LogP contribution in [0.2, 0.25) is 6.32 Å². The Balaban J connectivity index is 0. The van der Waals surface area contributed by atoms with Crippen LogP contribution < -0.4 is 5.73 Å². The number of unbranched alkanes of at least 4 members (excludes halogenated alkanes) is 1. The van der Waals surface area contributed by atoms with Crippen LogP contribution in [0.1, 0.15) is 25.7 Å². The maximum atomic E-state index is 11.0. The van der Waals surface area contributed by atoms with E-state index in [0.717, 1.165) is 7.27 Å². The molecule has 0 bridgehead atoms. The SMILES string of the molecule is Cl.N=BOCCC(N)(CCCCB(O)O)C(=O)O. The van der Waals surface area contributed by atoms with Crippen molar-refractivity contribution < 1.29 is 24.6 Å². The van der Waals surface area contributed by atoms with Gasteiger partial charge in [-0.2, -0.15) is 0 Å². The topological polar surface area (TPSA) is 137 Å². The standard InChI is InChI=1S/C8H18B2N2O5.ClH/c11-8(7(13)14,4-6-17-9-12)3-1-2-5-10(15)16;/h12,15-16H,1-6,11H2,(H,13,14);1H. The van der Waals surface area contributed by atoms with E-state index in [-0.39, 0.29) is 38.2 Å².